The maximum absolute atomic E-state index is 11.8. The summed E-state index contributed by atoms with van der Waals surface area (Å²) in [6, 6.07) is 2.46. The molecule has 1 rings (SSSR count). The maximum atomic E-state index is 11.8. The number of hydrogen-bond donors (Lipinski definition) is 2. The van der Waals surface area contributed by atoms with E-state index in [1.165, 1.54) is 19.2 Å². The van der Waals surface area contributed by atoms with Crippen LogP contribution >= 0.6 is 0 Å². The minimum Gasteiger partial charge on any atom is -0.467 e. The first kappa shape index (κ1) is 16.8. The Hall–Kier alpha value is -2.26. The van der Waals surface area contributed by atoms with E-state index in [1.807, 2.05) is 0 Å². The van der Waals surface area contributed by atoms with Gasteiger partial charge in [-0.2, -0.15) is 5.10 Å². The Morgan fingerprint density at radius 1 is 1.43 bits per heavy atom. The van der Waals surface area contributed by atoms with E-state index >= 15 is 0 Å². The SMILES string of the molecule is COCCn1nc(C(=O)NCC(O)C(=O)OC)ccc1=O. The van der Waals surface area contributed by atoms with Gasteiger partial charge in [-0.05, 0) is 6.07 Å². The van der Waals surface area contributed by atoms with E-state index < -0.39 is 18.0 Å². The summed E-state index contributed by atoms with van der Waals surface area (Å²) in [5, 5.41) is 15.5. The number of rotatable bonds is 7. The number of aliphatic hydroxyl groups is 1. The zero-order chi connectivity index (χ0) is 15.8. The third-order valence-corrected chi connectivity index (χ3v) is 2.54. The highest BCUT2D eigenvalue weighted by Gasteiger charge is 2.17. The Morgan fingerprint density at radius 2 is 2.14 bits per heavy atom. The van der Waals surface area contributed by atoms with Gasteiger partial charge in [0, 0.05) is 13.2 Å². The van der Waals surface area contributed by atoms with Gasteiger partial charge in [0.2, 0.25) is 0 Å². The van der Waals surface area contributed by atoms with Crippen LogP contribution in [0.1, 0.15) is 10.5 Å². The highest BCUT2D eigenvalue weighted by atomic mass is 16.5. The van der Waals surface area contributed by atoms with Crippen molar-refractivity contribution in [2.75, 3.05) is 27.4 Å². The molecule has 0 aromatic carbocycles. The number of nitrogens with zero attached hydrogens (tertiary/aromatic N) is 2. The lowest BCUT2D eigenvalue weighted by Crippen LogP contribution is -2.38. The van der Waals surface area contributed by atoms with E-state index in [2.05, 4.69) is 15.2 Å². The van der Waals surface area contributed by atoms with E-state index in [-0.39, 0.29) is 30.9 Å². The molecule has 0 fully saturated rings. The Kier molecular flexibility index (Phi) is 6.50. The molecule has 1 aromatic rings. The summed E-state index contributed by atoms with van der Waals surface area (Å²) in [5.74, 6) is -1.47. The third kappa shape index (κ3) is 4.97. The number of hydrogen-bond acceptors (Lipinski definition) is 7. The third-order valence-electron chi connectivity index (χ3n) is 2.54. The predicted molar refractivity (Wildman–Crippen MR) is 70.7 cm³/mol. The summed E-state index contributed by atoms with van der Waals surface area (Å²) in [5.41, 5.74) is -0.374. The van der Waals surface area contributed by atoms with Gasteiger partial charge in [-0.15, -0.1) is 0 Å². The minimum atomic E-state index is -1.46. The van der Waals surface area contributed by atoms with Crippen LogP contribution in [0.2, 0.25) is 0 Å². The topological polar surface area (TPSA) is 120 Å². The monoisotopic (exact) mass is 299 g/mol. The highest BCUT2D eigenvalue weighted by molar-refractivity contribution is 5.92. The predicted octanol–water partition coefficient (Wildman–Crippen LogP) is -1.85. The molecular formula is C12H17N3O6. The average Bonchev–Trinajstić information content (AvgIpc) is 2.50. The first-order valence-electron chi connectivity index (χ1n) is 6.10. The molecule has 1 aromatic heterocycles. The molecule has 1 amide bonds. The average molecular weight is 299 g/mol. The number of amides is 1. The summed E-state index contributed by atoms with van der Waals surface area (Å²) >= 11 is 0. The minimum absolute atomic E-state index is 0.0113. The van der Waals surface area contributed by atoms with Crippen molar-refractivity contribution in [1.82, 2.24) is 15.1 Å². The van der Waals surface area contributed by atoms with Gasteiger partial charge in [-0.3, -0.25) is 9.59 Å². The van der Waals surface area contributed by atoms with Crippen LogP contribution in [0.25, 0.3) is 0 Å². The number of aromatic nitrogens is 2. The Bertz CT molecular complexity index is 556. The summed E-state index contributed by atoms with van der Waals surface area (Å²) in [6.07, 6.45) is -1.46. The van der Waals surface area contributed by atoms with Crippen LogP contribution < -0.4 is 10.9 Å². The van der Waals surface area contributed by atoms with Gasteiger partial charge in [0.15, 0.2) is 6.10 Å². The van der Waals surface area contributed by atoms with Gasteiger partial charge in [-0.1, -0.05) is 0 Å². The number of methoxy groups -OCH3 is 2. The molecule has 0 aliphatic rings. The maximum Gasteiger partial charge on any atom is 0.336 e. The summed E-state index contributed by atoms with van der Waals surface area (Å²) in [4.78, 5) is 34.3. The molecule has 1 heterocycles. The summed E-state index contributed by atoms with van der Waals surface area (Å²) in [7, 11) is 2.61. The molecule has 1 unspecified atom stereocenters. The van der Waals surface area contributed by atoms with E-state index in [1.54, 1.807) is 0 Å². The number of nitrogens with one attached hydrogen (secondary N) is 1. The molecule has 2 N–H and O–H groups in total. The van der Waals surface area contributed by atoms with Crippen molar-refractivity contribution >= 4 is 11.9 Å². The van der Waals surface area contributed by atoms with Crippen molar-refractivity contribution in [3.05, 3.63) is 28.2 Å². The fourth-order valence-corrected chi connectivity index (χ4v) is 1.41. The molecule has 0 aliphatic heterocycles. The van der Waals surface area contributed by atoms with Crippen molar-refractivity contribution in [2.45, 2.75) is 12.6 Å². The summed E-state index contributed by atoms with van der Waals surface area (Å²) in [6.45, 7) is 0.171. The quantitative estimate of drug-likeness (QED) is 0.567. The van der Waals surface area contributed by atoms with Crippen molar-refractivity contribution in [3.8, 4) is 0 Å². The van der Waals surface area contributed by atoms with Crippen LogP contribution in [0.15, 0.2) is 16.9 Å². The van der Waals surface area contributed by atoms with Crippen LogP contribution in [0.4, 0.5) is 0 Å². The molecule has 1 atom stereocenters. The second-order valence-corrected chi connectivity index (χ2v) is 4.02. The molecule has 0 saturated heterocycles. The van der Waals surface area contributed by atoms with Crippen LogP contribution in [-0.4, -0.2) is 60.2 Å². The number of carbonyl (C=O) groups excluding carboxylic acids is 2. The molecule has 9 nitrogen and oxygen atoms in total. The van der Waals surface area contributed by atoms with Gasteiger partial charge in [0.1, 0.15) is 5.69 Å². The number of aliphatic hydroxyl groups excluding tert-OH is 1. The Morgan fingerprint density at radius 3 is 2.76 bits per heavy atom. The molecule has 116 valence electrons. The molecular weight excluding hydrogens is 282 g/mol. The molecule has 0 aliphatic carbocycles. The van der Waals surface area contributed by atoms with Crippen LogP contribution in [0.3, 0.4) is 0 Å². The molecule has 21 heavy (non-hydrogen) atoms. The van der Waals surface area contributed by atoms with Crippen LogP contribution in [0, 0.1) is 0 Å². The summed E-state index contributed by atoms with van der Waals surface area (Å²) < 4.78 is 10.2. The van der Waals surface area contributed by atoms with Crippen LogP contribution in [-0.2, 0) is 20.8 Å². The number of esters is 1. The molecule has 9 heteroatoms. The molecule has 0 radical (unpaired) electrons. The number of carbonyl (C=O) groups is 2. The van der Waals surface area contributed by atoms with E-state index in [9.17, 15) is 19.5 Å². The van der Waals surface area contributed by atoms with Crippen molar-refractivity contribution < 1.29 is 24.2 Å². The zero-order valence-corrected chi connectivity index (χ0v) is 11.7. The highest BCUT2D eigenvalue weighted by Crippen LogP contribution is 1.92. The van der Waals surface area contributed by atoms with Crippen molar-refractivity contribution in [3.63, 3.8) is 0 Å². The second kappa shape index (κ2) is 8.12. The molecule has 0 bridgehead atoms. The fraction of sp³-hybridized carbons (Fsp3) is 0.500. The zero-order valence-electron chi connectivity index (χ0n) is 11.7. The van der Waals surface area contributed by atoms with E-state index in [4.69, 9.17) is 4.74 Å². The largest absolute Gasteiger partial charge is 0.467 e. The molecule has 0 saturated carbocycles. The fourth-order valence-electron chi connectivity index (χ4n) is 1.41. The Labute approximate surface area is 120 Å². The van der Waals surface area contributed by atoms with Gasteiger partial charge in [-0.25, -0.2) is 9.48 Å². The van der Waals surface area contributed by atoms with Gasteiger partial charge in [0.25, 0.3) is 11.5 Å². The van der Waals surface area contributed by atoms with Crippen molar-refractivity contribution in [1.29, 1.82) is 0 Å². The van der Waals surface area contributed by atoms with Crippen molar-refractivity contribution in [2.24, 2.45) is 0 Å². The van der Waals surface area contributed by atoms with Crippen LogP contribution in [0.5, 0.6) is 0 Å². The van der Waals surface area contributed by atoms with Gasteiger partial charge in [0.05, 0.1) is 26.8 Å². The second-order valence-electron chi connectivity index (χ2n) is 4.02. The first-order valence-corrected chi connectivity index (χ1v) is 6.10. The van der Waals surface area contributed by atoms with E-state index in [0.29, 0.717) is 0 Å². The molecule has 0 spiro atoms. The lowest BCUT2D eigenvalue weighted by atomic mass is 10.3. The normalized spacial score (nSPS) is 11.8. The van der Waals surface area contributed by atoms with E-state index in [0.717, 1.165) is 11.8 Å². The van der Waals surface area contributed by atoms with Gasteiger partial charge < -0.3 is 19.9 Å². The Balaban J connectivity index is 2.70. The smallest absolute Gasteiger partial charge is 0.336 e. The van der Waals surface area contributed by atoms with Gasteiger partial charge >= 0.3 is 5.97 Å². The standard InChI is InChI=1S/C12H17N3O6/c1-20-6-5-15-10(17)4-3-8(14-15)11(18)13-7-9(16)12(19)21-2/h3-4,9,16H,5-7H2,1-2H3,(H,13,18). The first-order chi connectivity index (χ1) is 9.99. The lowest BCUT2D eigenvalue weighted by Gasteiger charge is -2.10. The number of ether oxygens (including phenoxy) is 2. The lowest BCUT2D eigenvalue weighted by molar-refractivity contribution is -0.149.